The fraction of sp³-hybridized carbons (Fsp3) is 0.364. The maximum absolute atomic E-state index is 5.86. The van der Waals surface area contributed by atoms with Crippen LogP contribution in [0.2, 0.25) is 0 Å². The highest BCUT2D eigenvalue weighted by atomic mass is 35.5. The van der Waals surface area contributed by atoms with E-state index in [9.17, 15) is 0 Å². The molecule has 1 atom stereocenters. The lowest BCUT2D eigenvalue weighted by atomic mass is 10.1. The van der Waals surface area contributed by atoms with Gasteiger partial charge in [0, 0.05) is 19.0 Å². The smallest absolute Gasteiger partial charge is 0.106 e. The van der Waals surface area contributed by atoms with Gasteiger partial charge in [0.2, 0.25) is 0 Å². The first-order chi connectivity index (χ1) is 7.13. The summed E-state index contributed by atoms with van der Waals surface area (Å²) in [6.07, 6.45) is 0. The number of aryl methyl sites for hydroxylation is 2. The number of hydrogen-bond donors (Lipinski definition) is 1. The predicted molar refractivity (Wildman–Crippen MR) is 63.1 cm³/mol. The van der Waals surface area contributed by atoms with E-state index < -0.39 is 0 Å². The normalized spacial score (nSPS) is 13.3. The molecule has 0 amide bonds. The highest BCUT2D eigenvalue weighted by molar-refractivity contribution is 6.18. The second kappa shape index (κ2) is 3.83. The number of nitrogens with zero attached hydrogens (tertiary/aromatic N) is 2. The van der Waals surface area contributed by atoms with E-state index in [4.69, 9.17) is 17.3 Å². The summed E-state index contributed by atoms with van der Waals surface area (Å²) in [5, 5.41) is 0. The number of halogens is 1. The van der Waals surface area contributed by atoms with Crippen LogP contribution in [0.3, 0.4) is 0 Å². The van der Waals surface area contributed by atoms with Crippen molar-refractivity contribution in [1.29, 1.82) is 0 Å². The minimum Gasteiger partial charge on any atom is -0.331 e. The minimum atomic E-state index is -0.113. The molecular weight excluding hydrogens is 210 g/mol. The molecule has 2 rings (SSSR count). The number of benzene rings is 1. The topological polar surface area (TPSA) is 43.8 Å². The van der Waals surface area contributed by atoms with Gasteiger partial charge in [0.05, 0.1) is 11.0 Å². The largest absolute Gasteiger partial charge is 0.331 e. The van der Waals surface area contributed by atoms with Crippen LogP contribution in [0, 0.1) is 6.92 Å². The van der Waals surface area contributed by atoms with E-state index in [1.807, 2.05) is 32.2 Å². The lowest BCUT2D eigenvalue weighted by Gasteiger charge is -2.07. The summed E-state index contributed by atoms with van der Waals surface area (Å²) in [6.45, 7) is 1.99. The van der Waals surface area contributed by atoms with Gasteiger partial charge in [-0.25, -0.2) is 4.98 Å². The van der Waals surface area contributed by atoms with E-state index in [1.54, 1.807) is 0 Å². The lowest BCUT2D eigenvalue weighted by Crippen LogP contribution is -2.11. The molecule has 0 saturated heterocycles. The first kappa shape index (κ1) is 10.5. The van der Waals surface area contributed by atoms with Gasteiger partial charge < -0.3 is 10.3 Å². The molecule has 2 N–H and O–H groups in total. The zero-order chi connectivity index (χ0) is 11.0. The van der Waals surface area contributed by atoms with Gasteiger partial charge in [-0.3, -0.25) is 0 Å². The Kier molecular flexibility index (Phi) is 2.67. The van der Waals surface area contributed by atoms with Crippen LogP contribution in [0.25, 0.3) is 11.0 Å². The third kappa shape index (κ3) is 1.73. The summed E-state index contributed by atoms with van der Waals surface area (Å²) < 4.78 is 2.06. The van der Waals surface area contributed by atoms with Gasteiger partial charge in [-0.1, -0.05) is 6.07 Å². The Morgan fingerprint density at radius 3 is 2.93 bits per heavy atom. The molecule has 1 aromatic carbocycles. The first-order valence-electron chi connectivity index (χ1n) is 4.88. The molecule has 0 aliphatic carbocycles. The minimum absolute atomic E-state index is 0.113. The van der Waals surface area contributed by atoms with Gasteiger partial charge in [0.15, 0.2) is 0 Å². The average molecular weight is 224 g/mol. The second-order valence-corrected chi connectivity index (χ2v) is 4.04. The van der Waals surface area contributed by atoms with Gasteiger partial charge in [-0.15, -0.1) is 11.6 Å². The van der Waals surface area contributed by atoms with E-state index in [2.05, 4.69) is 9.55 Å². The molecule has 2 aromatic rings. The summed E-state index contributed by atoms with van der Waals surface area (Å²) in [4.78, 5) is 4.45. The Morgan fingerprint density at radius 2 is 2.27 bits per heavy atom. The van der Waals surface area contributed by atoms with Crippen LogP contribution < -0.4 is 5.73 Å². The number of imidazole rings is 1. The van der Waals surface area contributed by atoms with Crippen molar-refractivity contribution in [3.63, 3.8) is 0 Å². The van der Waals surface area contributed by atoms with Crippen LogP contribution in [-0.4, -0.2) is 15.4 Å². The summed E-state index contributed by atoms with van der Waals surface area (Å²) in [6, 6.07) is 5.95. The maximum atomic E-state index is 5.86. The van der Waals surface area contributed by atoms with E-state index in [-0.39, 0.29) is 6.04 Å². The third-order valence-electron chi connectivity index (χ3n) is 2.72. The molecule has 0 saturated carbocycles. The molecule has 1 unspecified atom stereocenters. The van der Waals surface area contributed by atoms with E-state index in [0.717, 1.165) is 22.4 Å². The number of aromatic nitrogens is 2. The maximum Gasteiger partial charge on any atom is 0.106 e. The predicted octanol–water partition coefficient (Wildman–Crippen LogP) is 2.12. The molecule has 0 bridgehead atoms. The molecule has 1 heterocycles. The van der Waals surface area contributed by atoms with Crippen LogP contribution in [0.5, 0.6) is 0 Å². The van der Waals surface area contributed by atoms with Crippen molar-refractivity contribution in [2.75, 3.05) is 5.88 Å². The van der Waals surface area contributed by atoms with Crippen LogP contribution in [0.1, 0.15) is 17.4 Å². The molecule has 0 aliphatic rings. The van der Waals surface area contributed by atoms with E-state index in [0.29, 0.717) is 5.88 Å². The quantitative estimate of drug-likeness (QED) is 0.793. The SMILES string of the molecule is Cc1nc2cc(C(N)CCl)ccc2n1C. The van der Waals surface area contributed by atoms with Crippen molar-refractivity contribution in [2.24, 2.45) is 12.8 Å². The number of nitrogens with two attached hydrogens (primary N) is 1. The Labute approximate surface area is 93.9 Å². The molecule has 15 heavy (non-hydrogen) atoms. The van der Waals surface area contributed by atoms with Crippen LogP contribution in [0.4, 0.5) is 0 Å². The summed E-state index contributed by atoms with van der Waals surface area (Å²) in [5.74, 6) is 1.43. The van der Waals surface area contributed by atoms with Crippen molar-refractivity contribution in [1.82, 2.24) is 9.55 Å². The number of rotatable bonds is 2. The van der Waals surface area contributed by atoms with Crippen LogP contribution in [0.15, 0.2) is 18.2 Å². The number of alkyl halides is 1. The summed E-state index contributed by atoms with van der Waals surface area (Å²) in [5.41, 5.74) is 9.00. The van der Waals surface area contributed by atoms with Crippen molar-refractivity contribution >= 4 is 22.6 Å². The average Bonchev–Trinajstić information content (AvgIpc) is 2.53. The molecule has 80 valence electrons. The van der Waals surface area contributed by atoms with Crippen molar-refractivity contribution in [3.05, 3.63) is 29.6 Å². The molecule has 4 heteroatoms. The van der Waals surface area contributed by atoms with Gasteiger partial charge in [0.1, 0.15) is 5.82 Å². The fourth-order valence-corrected chi connectivity index (χ4v) is 1.84. The van der Waals surface area contributed by atoms with Gasteiger partial charge in [0.25, 0.3) is 0 Å². The Bertz CT molecular complexity index is 490. The Balaban J connectivity index is 2.57. The molecular formula is C11H14ClN3. The molecule has 1 aromatic heterocycles. The zero-order valence-electron chi connectivity index (χ0n) is 8.87. The first-order valence-corrected chi connectivity index (χ1v) is 5.41. The van der Waals surface area contributed by atoms with E-state index >= 15 is 0 Å². The molecule has 3 nitrogen and oxygen atoms in total. The molecule has 0 spiro atoms. The van der Waals surface area contributed by atoms with Crippen LogP contribution >= 0.6 is 11.6 Å². The second-order valence-electron chi connectivity index (χ2n) is 3.73. The molecule has 0 radical (unpaired) electrons. The monoisotopic (exact) mass is 223 g/mol. The highest BCUT2D eigenvalue weighted by Gasteiger charge is 2.08. The highest BCUT2D eigenvalue weighted by Crippen LogP contribution is 2.20. The van der Waals surface area contributed by atoms with Gasteiger partial charge in [-0.05, 0) is 24.6 Å². The van der Waals surface area contributed by atoms with E-state index in [1.165, 1.54) is 0 Å². The third-order valence-corrected chi connectivity index (χ3v) is 3.06. The fourth-order valence-electron chi connectivity index (χ4n) is 1.66. The van der Waals surface area contributed by atoms with Gasteiger partial charge in [-0.2, -0.15) is 0 Å². The number of hydrogen-bond acceptors (Lipinski definition) is 2. The number of fused-ring (bicyclic) bond motifs is 1. The summed E-state index contributed by atoms with van der Waals surface area (Å²) in [7, 11) is 2.01. The zero-order valence-corrected chi connectivity index (χ0v) is 9.62. The lowest BCUT2D eigenvalue weighted by molar-refractivity contribution is 0.827. The van der Waals surface area contributed by atoms with Crippen molar-refractivity contribution in [3.8, 4) is 0 Å². The van der Waals surface area contributed by atoms with Gasteiger partial charge >= 0.3 is 0 Å². The Morgan fingerprint density at radius 1 is 1.53 bits per heavy atom. The molecule has 0 fully saturated rings. The van der Waals surface area contributed by atoms with Crippen molar-refractivity contribution < 1.29 is 0 Å². The molecule has 0 aliphatic heterocycles. The Hall–Kier alpha value is -1.06. The standard InChI is InChI=1S/C11H14ClN3/c1-7-14-10-5-8(9(13)6-12)3-4-11(10)15(7)2/h3-5,9H,6,13H2,1-2H3. The van der Waals surface area contributed by atoms with Crippen molar-refractivity contribution in [2.45, 2.75) is 13.0 Å². The van der Waals surface area contributed by atoms with Crippen LogP contribution in [-0.2, 0) is 7.05 Å². The summed E-state index contributed by atoms with van der Waals surface area (Å²) >= 11 is 5.72.